The van der Waals surface area contributed by atoms with Crippen LogP contribution in [0.1, 0.15) is 0 Å². The van der Waals surface area contributed by atoms with Crippen molar-refractivity contribution in [1.29, 1.82) is 0 Å². The minimum absolute atomic E-state index is 0.248. The molecule has 17 heavy (non-hydrogen) atoms. The van der Waals surface area contributed by atoms with E-state index in [-0.39, 0.29) is 11.4 Å². The van der Waals surface area contributed by atoms with Crippen LogP contribution in [0.4, 0.5) is 25.8 Å². The standard InChI is InChI=1S/C12H9BrF2N2/c13-10-2-1-3-11(15)12(10)17-9-5-7(14)4-8(16)6-9/h1-6,17H,16H2. The Morgan fingerprint density at radius 3 is 2.53 bits per heavy atom. The Kier molecular flexibility index (Phi) is 3.28. The third kappa shape index (κ3) is 2.74. The molecule has 0 bridgehead atoms. The van der Waals surface area contributed by atoms with Crippen LogP contribution in [-0.2, 0) is 0 Å². The molecule has 0 atom stereocenters. The fourth-order valence-electron chi connectivity index (χ4n) is 1.45. The fourth-order valence-corrected chi connectivity index (χ4v) is 1.89. The molecule has 5 heteroatoms. The Hall–Kier alpha value is -1.62. The van der Waals surface area contributed by atoms with Gasteiger partial charge in [-0.3, -0.25) is 0 Å². The highest BCUT2D eigenvalue weighted by atomic mass is 79.9. The lowest BCUT2D eigenvalue weighted by Gasteiger charge is -2.10. The lowest BCUT2D eigenvalue weighted by Crippen LogP contribution is -1.97. The first kappa shape index (κ1) is 11.9. The highest BCUT2D eigenvalue weighted by Gasteiger charge is 2.07. The van der Waals surface area contributed by atoms with E-state index >= 15 is 0 Å². The number of halogens is 3. The Labute approximate surface area is 106 Å². The van der Waals surface area contributed by atoms with E-state index in [0.29, 0.717) is 10.2 Å². The minimum Gasteiger partial charge on any atom is -0.399 e. The second-order valence-corrected chi connectivity index (χ2v) is 4.35. The van der Waals surface area contributed by atoms with Crippen LogP contribution < -0.4 is 11.1 Å². The van der Waals surface area contributed by atoms with Gasteiger partial charge in [-0.15, -0.1) is 0 Å². The number of nitrogens with two attached hydrogens (primary N) is 1. The van der Waals surface area contributed by atoms with Gasteiger partial charge in [0.15, 0.2) is 0 Å². The number of nitrogen functional groups attached to an aromatic ring is 1. The largest absolute Gasteiger partial charge is 0.399 e. The fraction of sp³-hybridized carbons (Fsp3) is 0. The zero-order valence-corrected chi connectivity index (χ0v) is 10.3. The third-order valence-electron chi connectivity index (χ3n) is 2.15. The molecule has 2 nitrogen and oxygen atoms in total. The molecule has 0 radical (unpaired) electrons. The van der Waals surface area contributed by atoms with E-state index in [4.69, 9.17) is 5.73 Å². The molecular formula is C12H9BrF2N2. The smallest absolute Gasteiger partial charge is 0.147 e. The molecule has 2 rings (SSSR count). The van der Waals surface area contributed by atoms with Crippen molar-refractivity contribution >= 4 is 33.0 Å². The maximum Gasteiger partial charge on any atom is 0.147 e. The van der Waals surface area contributed by atoms with Crippen LogP contribution in [0, 0.1) is 11.6 Å². The van der Waals surface area contributed by atoms with Gasteiger partial charge in [0.25, 0.3) is 0 Å². The van der Waals surface area contributed by atoms with Crippen molar-refractivity contribution in [3.05, 3.63) is 52.5 Å². The van der Waals surface area contributed by atoms with Crippen LogP contribution in [0.15, 0.2) is 40.9 Å². The Bertz CT molecular complexity index is 518. The van der Waals surface area contributed by atoms with E-state index in [9.17, 15) is 8.78 Å². The zero-order chi connectivity index (χ0) is 12.4. The summed E-state index contributed by atoms with van der Waals surface area (Å²) in [4.78, 5) is 0. The number of benzene rings is 2. The zero-order valence-electron chi connectivity index (χ0n) is 8.68. The van der Waals surface area contributed by atoms with Crippen molar-refractivity contribution in [2.45, 2.75) is 0 Å². The molecule has 0 saturated heterocycles. The molecule has 0 aliphatic heterocycles. The van der Waals surface area contributed by atoms with E-state index in [2.05, 4.69) is 21.2 Å². The van der Waals surface area contributed by atoms with Crippen LogP contribution in [0.2, 0.25) is 0 Å². The number of nitrogens with one attached hydrogen (secondary N) is 1. The molecule has 0 amide bonds. The summed E-state index contributed by atoms with van der Waals surface area (Å²) in [6.45, 7) is 0. The molecule has 0 spiro atoms. The summed E-state index contributed by atoms with van der Waals surface area (Å²) in [7, 11) is 0. The van der Waals surface area contributed by atoms with E-state index in [1.807, 2.05) is 0 Å². The summed E-state index contributed by atoms with van der Waals surface area (Å²) in [5, 5.41) is 2.78. The van der Waals surface area contributed by atoms with Crippen LogP contribution in [-0.4, -0.2) is 0 Å². The van der Waals surface area contributed by atoms with Gasteiger partial charge in [0, 0.05) is 15.8 Å². The molecule has 0 aliphatic carbocycles. The molecule has 2 aromatic carbocycles. The van der Waals surface area contributed by atoms with Crippen molar-refractivity contribution in [1.82, 2.24) is 0 Å². The van der Waals surface area contributed by atoms with E-state index in [1.165, 1.54) is 24.3 Å². The summed E-state index contributed by atoms with van der Waals surface area (Å²) < 4.78 is 27.2. The normalized spacial score (nSPS) is 10.3. The molecular weight excluding hydrogens is 290 g/mol. The highest BCUT2D eigenvalue weighted by Crippen LogP contribution is 2.29. The number of para-hydroxylation sites is 1. The maximum absolute atomic E-state index is 13.5. The number of rotatable bonds is 2. The molecule has 88 valence electrons. The lowest BCUT2D eigenvalue weighted by molar-refractivity contribution is 0.627. The summed E-state index contributed by atoms with van der Waals surface area (Å²) in [6, 6.07) is 8.55. The highest BCUT2D eigenvalue weighted by molar-refractivity contribution is 9.10. The van der Waals surface area contributed by atoms with E-state index in [0.717, 1.165) is 0 Å². The van der Waals surface area contributed by atoms with Crippen molar-refractivity contribution < 1.29 is 8.78 Å². The first-order valence-corrected chi connectivity index (χ1v) is 5.62. The number of hydrogen-bond acceptors (Lipinski definition) is 2. The van der Waals surface area contributed by atoms with Gasteiger partial charge in [-0.05, 0) is 46.3 Å². The molecule has 2 aromatic rings. The van der Waals surface area contributed by atoms with Crippen molar-refractivity contribution in [3.8, 4) is 0 Å². The molecule has 0 aromatic heterocycles. The van der Waals surface area contributed by atoms with Gasteiger partial charge in [0.1, 0.15) is 11.6 Å². The quantitative estimate of drug-likeness (QED) is 0.821. The van der Waals surface area contributed by atoms with E-state index < -0.39 is 11.6 Å². The van der Waals surface area contributed by atoms with E-state index in [1.54, 1.807) is 12.1 Å². The lowest BCUT2D eigenvalue weighted by atomic mass is 10.2. The summed E-state index contributed by atoms with van der Waals surface area (Å²) in [5.41, 5.74) is 6.43. The SMILES string of the molecule is Nc1cc(F)cc(Nc2c(F)cccc2Br)c1. The summed E-state index contributed by atoms with van der Waals surface area (Å²) in [5.74, 6) is -0.901. The van der Waals surface area contributed by atoms with Crippen molar-refractivity contribution in [2.75, 3.05) is 11.1 Å². The molecule has 0 fully saturated rings. The summed E-state index contributed by atoms with van der Waals surface area (Å²) >= 11 is 3.21. The van der Waals surface area contributed by atoms with Crippen LogP contribution in [0.3, 0.4) is 0 Å². The van der Waals surface area contributed by atoms with Crippen molar-refractivity contribution in [2.24, 2.45) is 0 Å². The Balaban J connectivity index is 2.38. The Morgan fingerprint density at radius 2 is 1.88 bits per heavy atom. The molecule has 0 unspecified atom stereocenters. The van der Waals surface area contributed by atoms with Crippen LogP contribution >= 0.6 is 15.9 Å². The predicted octanol–water partition coefficient (Wildman–Crippen LogP) is 4.05. The average Bonchev–Trinajstić information content (AvgIpc) is 2.22. The van der Waals surface area contributed by atoms with Crippen LogP contribution in [0.25, 0.3) is 0 Å². The molecule has 0 saturated carbocycles. The molecule has 0 heterocycles. The number of hydrogen-bond donors (Lipinski definition) is 2. The monoisotopic (exact) mass is 298 g/mol. The minimum atomic E-state index is -0.472. The predicted molar refractivity (Wildman–Crippen MR) is 68.2 cm³/mol. The first-order valence-electron chi connectivity index (χ1n) is 4.83. The maximum atomic E-state index is 13.5. The second-order valence-electron chi connectivity index (χ2n) is 3.49. The topological polar surface area (TPSA) is 38.0 Å². The molecule has 0 aliphatic rings. The van der Waals surface area contributed by atoms with Crippen molar-refractivity contribution in [3.63, 3.8) is 0 Å². The average molecular weight is 299 g/mol. The summed E-state index contributed by atoms with van der Waals surface area (Å²) in [6.07, 6.45) is 0. The van der Waals surface area contributed by atoms with Gasteiger partial charge in [0.05, 0.1) is 5.69 Å². The van der Waals surface area contributed by atoms with Gasteiger partial charge >= 0.3 is 0 Å². The van der Waals surface area contributed by atoms with Gasteiger partial charge < -0.3 is 11.1 Å². The Morgan fingerprint density at radius 1 is 1.12 bits per heavy atom. The van der Waals surface area contributed by atoms with Gasteiger partial charge in [-0.2, -0.15) is 0 Å². The molecule has 3 N–H and O–H groups in total. The first-order chi connectivity index (χ1) is 8.06. The second kappa shape index (κ2) is 4.71. The van der Waals surface area contributed by atoms with Gasteiger partial charge in [-0.25, -0.2) is 8.78 Å². The van der Waals surface area contributed by atoms with Gasteiger partial charge in [0.2, 0.25) is 0 Å². The van der Waals surface area contributed by atoms with Crippen LogP contribution in [0.5, 0.6) is 0 Å². The van der Waals surface area contributed by atoms with Gasteiger partial charge in [-0.1, -0.05) is 6.07 Å². The number of anilines is 3. The third-order valence-corrected chi connectivity index (χ3v) is 2.81.